The molecule has 3 saturated carbocycles. The lowest BCUT2D eigenvalue weighted by Crippen LogP contribution is -2.62. The van der Waals surface area contributed by atoms with Crippen LogP contribution in [0, 0.1) is 23.0 Å². The maximum absolute atomic E-state index is 15.5. The molecule has 9 heteroatoms. The van der Waals surface area contributed by atoms with E-state index in [2.05, 4.69) is 4.72 Å². The van der Waals surface area contributed by atoms with Crippen molar-refractivity contribution in [1.29, 1.82) is 0 Å². The van der Waals surface area contributed by atoms with E-state index < -0.39 is 53.0 Å². The quantitative estimate of drug-likeness (QED) is 0.457. The van der Waals surface area contributed by atoms with Crippen LogP contribution in [0.15, 0.2) is 42.5 Å². The third kappa shape index (κ3) is 3.82. The summed E-state index contributed by atoms with van der Waals surface area (Å²) in [6.45, 7) is 0.809. The molecule has 3 aliphatic carbocycles. The van der Waals surface area contributed by atoms with Gasteiger partial charge in [0.25, 0.3) is 5.92 Å². The second kappa shape index (κ2) is 8.53. The van der Waals surface area contributed by atoms with Crippen LogP contribution < -0.4 is 4.72 Å². The third-order valence-corrected chi connectivity index (χ3v) is 8.61. The summed E-state index contributed by atoms with van der Waals surface area (Å²) in [6.07, 6.45) is 1.91. The highest BCUT2D eigenvalue weighted by atomic mass is 32.2. The Kier molecular flexibility index (Phi) is 5.93. The Bertz CT molecular complexity index is 1100. The van der Waals surface area contributed by atoms with E-state index in [-0.39, 0.29) is 34.8 Å². The Morgan fingerprint density at radius 3 is 2.41 bits per heavy atom. The average Bonchev–Trinajstić information content (AvgIpc) is 2.98. The van der Waals surface area contributed by atoms with Crippen LogP contribution in [0.25, 0.3) is 11.1 Å². The summed E-state index contributed by atoms with van der Waals surface area (Å²) in [5.74, 6) is -4.34. The number of carbonyl (C=O) groups excluding carboxylic acids is 1. The summed E-state index contributed by atoms with van der Waals surface area (Å²) in [5, 5.41) is 0. The van der Waals surface area contributed by atoms with Crippen molar-refractivity contribution < 1.29 is 26.9 Å². The van der Waals surface area contributed by atoms with Crippen molar-refractivity contribution in [2.24, 2.45) is 11.3 Å². The number of carbonyl (C=O) groups is 1. The highest BCUT2D eigenvalue weighted by Crippen LogP contribution is 2.65. The predicted octanol–water partition coefficient (Wildman–Crippen LogP) is 4.46. The van der Waals surface area contributed by atoms with Gasteiger partial charge >= 0.3 is 0 Å². The van der Waals surface area contributed by atoms with Crippen LogP contribution in [0.2, 0.25) is 0 Å². The molecule has 4 aliphatic rings. The molecule has 2 bridgehead atoms. The first-order valence-electron chi connectivity index (χ1n) is 11.5. The lowest BCUT2D eigenvalue weighted by atomic mass is 9.44. The first kappa shape index (κ1) is 23.6. The highest BCUT2D eigenvalue weighted by molar-refractivity contribution is 7.89. The SMILES string of the molecule is CC[S+]([O-])N[C@@H]1[C@H](Cc2cccc(-c3ccccc3F)c2F)N(C(=O)C23CC(C2)C3)CC1(F)F. The number of likely N-dealkylation sites (tertiary alicyclic amines) is 1. The molecule has 1 saturated heterocycles. The Hall–Kier alpha value is -2.10. The van der Waals surface area contributed by atoms with Crippen LogP contribution in [-0.2, 0) is 22.6 Å². The second-order valence-electron chi connectivity index (χ2n) is 9.71. The molecule has 2 aromatic rings. The largest absolute Gasteiger partial charge is 0.598 e. The molecule has 34 heavy (non-hydrogen) atoms. The van der Waals surface area contributed by atoms with Crippen LogP contribution in [0.3, 0.4) is 0 Å². The van der Waals surface area contributed by atoms with Gasteiger partial charge in [-0.25, -0.2) is 17.6 Å². The molecule has 1 aliphatic heterocycles. The van der Waals surface area contributed by atoms with Crippen LogP contribution in [0.5, 0.6) is 0 Å². The lowest BCUT2D eigenvalue weighted by molar-refractivity contribution is -0.178. The number of halogens is 4. The fraction of sp³-hybridized carbons (Fsp3) is 0.480. The lowest BCUT2D eigenvalue weighted by Gasteiger charge is -2.61. The van der Waals surface area contributed by atoms with Gasteiger partial charge in [-0.3, -0.25) is 4.79 Å². The summed E-state index contributed by atoms with van der Waals surface area (Å²) in [6, 6.07) is 7.55. The van der Waals surface area contributed by atoms with Crippen LogP contribution in [0.1, 0.15) is 31.7 Å². The molecule has 0 spiro atoms. The highest BCUT2D eigenvalue weighted by Gasteiger charge is 2.66. The first-order valence-corrected chi connectivity index (χ1v) is 12.8. The van der Waals surface area contributed by atoms with E-state index >= 15 is 13.2 Å². The smallest absolute Gasteiger partial charge is 0.286 e. The molecule has 1 heterocycles. The van der Waals surface area contributed by atoms with E-state index in [1.807, 2.05) is 0 Å². The zero-order chi connectivity index (χ0) is 24.3. The molecule has 6 rings (SSSR count). The van der Waals surface area contributed by atoms with Crippen molar-refractivity contribution in [3.8, 4) is 11.1 Å². The molecule has 4 nitrogen and oxygen atoms in total. The number of rotatable bonds is 7. The van der Waals surface area contributed by atoms with Gasteiger partial charge in [-0.05, 0) is 50.2 Å². The first-order chi connectivity index (χ1) is 16.1. The van der Waals surface area contributed by atoms with E-state index in [1.54, 1.807) is 19.1 Å². The van der Waals surface area contributed by atoms with Gasteiger partial charge in [0.05, 0.1) is 18.0 Å². The van der Waals surface area contributed by atoms with Gasteiger partial charge < -0.3 is 9.45 Å². The van der Waals surface area contributed by atoms with E-state index in [4.69, 9.17) is 0 Å². The summed E-state index contributed by atoms with van der Waals surface area (Å²) < 4.78 is 74.9. The zero-order valence-electron chi connectivity index (χ0n) is 18.7. The van der Waals surface area contributed by atoms with E-state index in [0.717, 1.165) is 0 Å². The average molecular weight is 495 g/mol. The third-order valence-electron chi connectivity index (χ3n) is 7.57. The Morgan fingerprint density at radius 2 is 1.79 bits per heavy atom. The normalized spacial score (nSPS) is 29.9. The fourth-order valence-corrected chi connectivity index (χ4v) is 6.42. The molecule has 3 atom stereocenters. The van der Waals surface area contributed by atoms with Crippen LogP contribution in [-0.4, -0.2) is 45.7 Å². The standard InChI is InChI=1S/C25H26F4N2O2S/c1-2-34(33)30-22-20(31(14-25(22,28)29)23(32)24-11-15(12-24)13-24)10-16-6-5-8-18(21(16)27)17-7-3-4-9-19(17)26/h3-9,15,20,22,30H,2,10-14H2,1H3/t15?,20-,22+,24?,34?/m0/s1. The molecule has 0 radical (unpaired) electrons. The van der Waals surface area contributed by atoms with Crippen molar-refractivity contribution in [1.82, 2.24) is 9.62 Å². The van der Waals surface area contributed by atoms with Crippen molar-refractivity contribution in [3.05, 3.63) is 59.7 Å². The van der Waals surface area contributed by atoms with Gasteiger partial charge in [0, 0.05) is 22.5 Å². The molecule has 1 N–H and O–H groups in total. The van der Waals surface area contributed by atoms with Crippen LogP contribution >= 0.6 is 0 Å². The number of alkyl halides is 2. The molecular formula is C25H26F4N2O2S. The number of nitrogens with zero attached hydrogens (tertiary/aromatic N) is 1. The maximum atomic E-state index is 15.5. The number of nitrogens with one attached hydrogen (secondary N) is 1. The minimum atomic E-state index is -3.33. The van der Waals surface area contributed by atoms with Crippen molar-refractivity contribution in [2.75, 3.05) is 12.3 Å². The van der Waals surface area contributed by atoms with E-state index in [1.165, 1.54) is 35.2 Å². The molecule has 1 unspecified atom stereocenters. The summed E-state index contributed by atoms with van der Waals surface area (Å²) in [4.78, 5) is 14.5. The van der Waals surface area contributed by atoms with Gasteiger partial charge in [-0.15, -0.1) is 4.72 Å². The minimum absolute atomic E-state index is 0.0271. The van der Waals surface area contributed by atoms with Gasteiger partial charge in [0.1, 0.15) is 23.4 Å². The molecule has 1 amide bonds. The topological polar surface area (TPSA) is 55.4 Å². The van der Waals surface area contributed by atoms with Gasteiger partial charge in [-0.1, -0.05) is 36.4 Å². The molecule has 2 aromatic carbocycles. The minimum Gasteiger partial charge on any atom is -0.598 e. The van der Waals surface area contributed by atoms with E-state index in [0.29, 0.717) is 25.2 Å². The van der Waals surface area contributed by atoms with Gasteiger partial charge in [0.2, 0.25) is 5.91 Å². The van der Waals surface area contributed by atoms with Crippen molar-refractivity contribution >= 4 is 17.3 Å². The fourth-order valence-electron chi connectivity index (χ4n) is 5.64. The van der Waals surface area contributed by atoms with E-state index in [9.17, 15) is 13.7 Å². The molecule has 0 aromatic heterocycles. The second-order valence-corrected chi connectivity index (χ2v) is 11.2. The Balaban J connectivity index is 1.50. The monoisotopic (exact) mass is 494 g/mol. The number of benzene rings is 2. The Morgan fingerprint density at radius 1 is 1.12 bits per heavy atom. The maximum Gasteiger partial charge on any atom is 0.286 e. The summed E-state index contributed by atoms with van der Waals surface area (Å²) in [5.41, 5.74) is -0.375. The van der Waals surface area contributed by atoms with Gasteiger partial charge in [0.15, 0.2) is 0 Å². The van der Waals surface area contributed by atoms with Crippen molar-refractivity contribution in [3.63, 3.8) is 0 Å². The zero-order valence-corrected chi connectivity index (χ0v) is 19.5. The predicted molar refractivity (Wildman–Crippen MR) is 121 cm³/mol. The number of hydrogen-bond donors (Lipinski definition) is 1. The summed E-state index contributed by atoms with van der Waals surface area (Å²) in [7, 11) is 0. The number of hydrogen-bond acceptors (Lipinski definition) is 3. The van der Waals surface area contributed by atoms with Gasteiger partial charge in [-0.2, -0.15) is 0 Å². The number of amides is 1. The van der Waals surface area contributed by atoms with Crippen LogP contribution in [0.4, 0.5) is 17.6 Å². The van der Waals surface area contributed by atoms with Crippen molar-refractivity contribution in [2.45, 2.75) is 50.6 Å². The molecule has 4 fully saturated rings. The Labute approximate surface area is 199 Å². The summed E-state index contributed by atoms with van der Waals surface area (Å²) >= 11 is -1.72. The molecule has 182 valence electrons. The molecular weight excluding hydrogens is 468 g/mol.